The van der Waals surface area contributed by atoms with Crippen LogP contribution in [0.1, 0.15) is 22.9 Å². The topological polar surface area (TPSA) is 53.1 Å². The average molecular weight is 266 g/mol. The van der Waals surface area contributed by atoms with Gasteiger partial charge in [0.1, 0.15) is 5.69 Å². The zero-order valence-corrected chi connectivity index (χ0v) is 11.4. The first-order chi connectivity index (χ1) is 8.54. The fraction of sp³-hybridized carbons (Fsp3) is 0.308. The van der Waals surface area contributed by atoms with Crippen LogP contribution in [0.5, 0.6) is 5.75 Å². The largest absolute Gasteiger partial charge is 0.493 e. The van der Waals surface area contributed by atoms with Gasteiger partial charge >= 0.3 is 0 Å². The number of ether oxygens (including phenoxy) is 1. The molecule has 0 spiro atoms. The zero-order chi connectivity index (χ0) is 13.3. The summed E-state index contributed by atoms with van der Waals surface area (Å²) >= 11 is 6.12. The number of hydrogen-bond donors (Lipinski definition) is 1. The average Bonchev–Trinajstić information content (AvgIpc) is 2.73. The number of halogens is 1. The van der Waals surface area contributed by atoms with Crippen molar-refractivity contribution in [2.75, 3.05) is 7.11 Å². The van der Waals surface area contributed by atoms with Crippen LogP contribution in [0.25, 0.3) is 0 Å². The number of nitrogens with zero attached hydrogens (tertiary/aromatic N) is 2. The predicted molar refractivity (Wildman–Crippen MR) is 72.0 cm³/mol. The lowest BCUT2D eigenvalue weighted by molar-refractivity contribution is 0.406. The second-order valence-electron chi connectivity index (χ2n) is 4.21. The molecule has 0 bridgehead atoms. The van der Waals surface area contributed by atoms with Crippen LogP contribution >= 0.6 is 11.6 Å². The number of methoxy groups -OCH3 is 1. The number of hydrogen-bond acceptors (Lipinski definition) is 3. The predicted octanol–water partition coefficient (Wildman–Crippen LogP) is 2.44. The molecule has 2 rings (SSSR count). The number of nitrogens with two attached hydrogens (primary N) is 1. The lowest BCUT2D eigenvalue weighted by atomic mass is 10.0. The summed E-state index contributed by atoms with van der Waals surface area (Å²) in [4.78, 5) is 0. The highest BCUT2D eigenvalue weighted by atomic mass is 35.5. The van der Waals surface area contributed by atoms with Crippen LogP contribution in [0, 0.1) is 6.92 Å². The van der Waals surface area contributed by atoms with E-state index in [-0.39, 0.29) is 6.04 Å². The van der Waals surface area contributed by atoms with E-state index in [0.29, 0.717) is 10.8 Å². The lowest BCUT2D eigenvalue weighted by Gasteiger charge is -2.15. The highest BCUT2D eigenvalue weighted by Gasteiger charge is 2.19. The van der Waals surface area contributed by atoms with E-state index in [1.54, 1.807) is 18.0 Å². The first-order valence-corrected chi connectivity index (χ1v) is 6.00. The van der Waals surface area contributed by atoms with Gasteiger partial charge in [-0.25, -0.2) is 0 Å². The molecule has 0 aliphatic rings. The molecule has 96 valence electrons. The van der Waals surface area contributed by atoms with E-state index in [2.05, 4.69) is 5.10 Å². The molecular weight excluding hydrogens is 250 g/mol. The van der Waals surface area contributed by atoms with E-state index in [4.69, 9.17) is 22.1 Å². The fourth-order valence-electron chi connectivity index (χ4n) is 1.90. The molecule has 1 aromatic heterocycles. The molecule has 0 fully saturated rings. The molecule has 0 aliphatic carbocycles. The monoisotopic (exact) mass is 265 g/mol. The minimum atomic E-state index is -0.314. The van der Waals surface area contributed by atoms with Crippen LogP contribution in [-0.4, -0.2) is 16.9 Å². The third kappa shape index (κ3) is 2.21. The Hall–Kier alpha value is -1.52. The molecule has 1 unspecified atom stereocenters. The van der Waals surface area contributed by atoms with Crippen molar-refractivity contribution in [3.8, 4) is 5.75 Å². The number of aryl methyl sites for hydroxylation is 2. The van der Waals surface area contributed by atoms with Crippen LogP contribution in [0.3, 0.4) is 0 Å². The first kappa shape index (κ1) is 12.9. The summed E-state index contributed by atoms with van der Waals surface area (Å²) in [5.41, 5.74) is 9.06. The summed E-state index contributed by atoms with van der Waals surface area (Å²) in [6, 6.07) is 5.50. The van der Waals surface area contributed by atoms with Crippen molar-refractivity contribution in [3.63, 3.8) is 0 Å². The van der Waals surface area contributed by atoms with Crippen LogP contribution in [0.2, 0.25) is 5.02 Å². The van der Waals surface area contributed by atoms with E-state index in [1.807, 2.05) is 32.2 Å². The third-order valence-corrected chi connectivity index (χ3v) is 3.43. The van der Waals surface area contributed by atoms with E-state index in [9.17, 15) is 0 Å². The van der Waals surface area contributed by atoms with Crippen molar-refractivity contribution in [1.82, 2.24) is 9.78 Å². The van der Waals surface area contributed by atoms with Crippen molar-refractivity contribution in [2.45, 2.75) is 13.0 Å². The molecule has 2 aromatic rings. The lowest BCUT2D eigenvalue weighted by Crippen LogP contribution is -2.17. The van der Waals surface area contributed by atoms with Crippen LogP contribution in [0.4, 0.5) is 0 Å². The molecule has 1 atom stereocenters. The smallest absolute Gasteiger partial charge is 0.161 e. The molecule has 0 radical (unpaired) electrons. The second-order valence-corrected chi connectivity index (χ2v) is 4.62. The highest BCUT2D eigenvalue weighted by Crippen LogP contribution is 2.29. The molecule has 4 nitrogen and oxygen atoms in total. The number of benzene rings is 1. The van der Waals surface area contributed by atoms with Crippen molar-refractivity contribution >= 4 is 11.6 Å². The van der Waals surface area contributed by atoms with Gasteiger partial charge in [0.2, 0.25) is 0 Å². The summed E-state index contributed by atoms with van der Waals surface area (Å²) in [5, 5.41) is 4.86. The Balaban J connectivity index is 2.44. The maximum absolute atomic E-state index is 6.26. The van der Waals surface area contributed by atoms with Crippen molar-refractivity contribution in [3.05, 3.63) is 46.2 Å². The fourth-order valence-corrected chi connectivity index (χ4v) is 2.09. The van der Waals surface area contributed by atoms with Gasteiger partial charge in [-0.15, -0.1) is 0 Å². The Kier molecular flexibility index (Phi) is 3.59. The quantitative estimate of drug-likeness (QED) is 0.927. The first-order valence-electron chi connectivity index (χ1n) is 5.62. The van der Waals surface area contributed by atoms with Gasteiger partial charge in [-0.3, -0.25) is 4.68 Å². The summed E-state index contributed by atoms with van der Waals surface area (Å²) in [5.74, 6) is 0.682. The van der Waals surface area contributed by atoms with Crippen LogP contribution in [0.15, 0.2) is 24.4 Å². The zero-order valence-electron chi connectivity index (χ0n) is 10.6. The number of aromatic nitrogens is 2. The van der Waals surface area contributed by atoms with Crippen molar-refractivity contribution < 1.29 is 4.74 Å². The van der Waals surface area contributed by atoms with Gasteiger partial charge in [0.15, 0.2) is 5.75 Å². The summed E-state index contributed by atoms with van der Waals surface area (Å²) in [6.45, 7) is 1.96. The molecule has 18 heavy (non-hydrogen) atoms. The van der Waals surface area contributed by atoms with E-state index >= 15 is 0 Å². The van der Waals surface area contributed by atoms with Gasteiger partial charge in [0.05, 0.1) is 19.3 Å². The molecule has 0 saturated carbocycles. The second kappa shape index (κ2) is 5.00. The Morgan fingerprint density at radius 1 is 1.44 bits per heavy atom. The summed E-state index contributed by atoms with van der Waals surface area (Å²) in [7, 11) is 3.45. The maximum Gasteiger partial charge on any atom is 0.161 e. The van der Waals surface area contributed by atoms with Crippen LogP contribution in [-0.2, 0) is 7.05 Å². The normalized spacial score (nSPS) is 12.5. The molecule has 2 N–H and O–H groups in total. The van der Waals surface area contributed by atoms with Gasteiger partial charge in [0.25, 0.3) is 0 Å². The van der Waals surface area contributed by atoms with Crippen LogP contribution < -0.4 is 10.5 Å². The molecule has 5 heteroatoms. The van der Waals surface area contributed by atoms with Crippen molar-refractivity contribution in [1.29, 1.82) is 0 Å². The number of rotatable bonds is 3. The third-order valence-electron chi connectivity index (χ3n) is 3.02. The van der Waals surface area contributed by atoms with Gasteiger partial charge in [-0.1, -0.05) is 23.7 Å². The Morgan fingerprint density at radius 2 is 2.17 bits per heavy atom. The Labute approximate surface area is 111 Å². The van der Waals surface area contributed by atoms with E-state index in [0.717, 1.165) is 16.8 Å². The van der Waals surface area contributed by atoms with E-state index in [1.165, 1.54) is 0 Å². The molecular formula is C13H16ClN3O. The van der Waals surface area contributed by atoms with Gasteiger partial charge in [-0.05, 0) is 24.1 Å². The minimum Gasteiger partial charge on any atom is -0.493 e. The molecule has 0 saturated heterocycles. The molecule has 1 aromatic carbocycles. The molecule has 0 amide bonds. The van der Waals surface area contributed by atoms with Crippen molar-refractivity contribution in [2.24, 2.45) is 12.8 Å². The Bertz CT molecular complexity index is 565. The van der Waals surface area contributed by atoms with E-state index < -0.39 is 0 Å². The standard InChI is InChI=1S/C13H16ClN3O/c1-8-4-5-9(6-10(8)14)12(15)13-11(18-3)7-16-17(13)2/h4-7,12H,15H2,1-3H3. The summed E-state index contributed by atoms with van der Waals surface area (Å²) < 4.78 is 6.99. The van der Waals surface area contributed by atoms with Gasteiger partial charge < -0.3 is 10.5 Å². The Morgan fingerprint density at radius 3 is 2.78 bits per heavy atom. The highest BCUT2D eigenvalue weighted by molar-refractivity contribution is 6.31. The maximum atomic E-state index is 6.26. The molecule has 0 aliphatic heterocycles. The van der Waals surface area contributed by atoms with Gasteiger partial charge in [0, 0.05) is 12.1 Å². The SMILES string of the molecule is COc1cnn(C)c1C(N)c1ccc(C)c(Cl)c1. The van der Waals surface area contributed by atoms with Gasteiger partial charge in [-0.2, -0.15) is 5.10 Å². The minimum absolute atomic E-state index is 0.314. The molecule has 1 heterocycles. The summed E-state index contributed by atoms with van der Waals surface area (Å²) in [6.07, 6.45) is 1.66.